The van der Waals surface area contributed by atoms with Gasteiger partial charge in [0.2, 0.25) is 10.0 Å². The third kappa shape index (κ3) is 5.04. The smallest absolute Gasteiger partial charge is 0.211 e. The van der Waals surface area contributed by atoms with Crippen LogP contribution in [0.3, 0.4) is 0 Å². The summed E-state index contributed by atoms with van der Waals surface area (Å²) < 4.78 is 24.9. The first kappa shape index (κ1) is 16.9. The van der Waals surface area contributed by atoms with Gasteiger partial charge in [-0.05, 0) is 44.1 Å². The van der Waals surface area contributed by atoms with E-state index in [-0.39, 0.29) is 0 Å². The largest absolute Gasteiger partial charge is 0.317 e. The number of hydrogen-bond acceptors (Lipinski definition) is 3. The molecule has 1 rings (SSSR count). The molecule has 0 aromatic heterocycles. The summed E-state index contributed by atoms with van der Waals surface area (Å²) >= 11 is 0. The Hall–Kier alpha value is -0.130. The van der Waals surface area contributed by atoms with Crippen molar-refractivity contribution < 1.29 is 8.42 Å². The van der Waals surface area contributed by atoms with E-state index in [0.29, 0.717) is 36.9 Å². The Kier molecular flexibility index (Phi) is 6.27. The van der Waals surface area contributed by atoms with Gasteiger partial charge in [0.25, 0.3) is 0 Å². The van der Waals surface area contributed by atoms with Crippen LogP contribution in [0.15, 0.2) is 0 Å². The summed E-state index contributed by atoms with van der Waals surface area (Å²) in [6.45, 7) is 8.17. The highest BCUT2D eigenvalue weighted by molar-refractivity contribution is 7.88. The molecule has 0 spiro atoms. The first-order valence-corrected chi connectivity index (χ1v) is 9.23. The molecule has 0 aromatic carbocycles. The molecule has 19 heavy (non-hydrogen) atoms. The number of nitrogens with one attached hydrogen (secondary N) is 1. The van der Waals surface area contributed by atoms with Gasteiger partial charge in [-0.3, -0.25) is 0 Å². The zero-order valence-electron chi connectivity index (χ0n) is 13.0. The predicted octanol–water partition coefficient (Wildman–Crippen LogP) is 1.93. The average molecular weight is 290 g/mol. The maximum absolute atomic E-state index is 11.6. The highest BCUT2D eigenvalue weighted by Gasteiger charge is 2.29. The van der Waals surface area contributed by atoms with Crippen molar-refractivity contribution in [1.29, 1.82) is 0 Å². The normalized spacial score (nSPS) is 25.5. The second-order valence-corrected chi connectivity index (χ2v) is 8.35. The van der Waals surface area contributed by atoms with Crippen molar-refractivity contribution in [2.75, 3.05) is 26.4 Å². The van der Waals surface area contributed by atoms with Crippen molar-refractivity contribution in [2.24, 2.45) is 17.8 Å². The first-order valence-electron chi connectivity index (χ1n) is 7.38. The van der Waals surface area contributed by atoms with E-state index in [0.717, 1.165) is 19.3 Å². The van der Waals surface area contributed by atoms with E-state index in [2.05, 4.69) is 26.1 Å². The summed E-state index contributed by atoms with van der Waals surface area (Å²) in [6, 6.07) is 0.476. The van der Waals surface area contributed by atoms with Gasteiger partial charge in [0, 0.05) is 19.1 Å². The molecule has 1 saturated heterocycles. The summed E-state index contributed by atoms with van der Waals surface area (Å²) in [7, 11) is -1.01. The van der Waals surface area contributed by atoms with Crippen LogP contribution in [0.5, 0.6) is 0 Å². The minimum atomic E-state index is -3.02. The molecule has 0 aliphatic carbocycles. The first-order chi connectivity index (χ1) is 8.75. The molecule has 0 saturated carbocycles. The lowest BCUT2D eigenvalue weighted by Crippen LogP contribution is -2.43. The molecule has 1 N–H and O–H groups in total. The monoisotopic (exact) mass is 290 g/mol. The molecule has 3 unspecified atom stereocenters. The molecule has 114 valence electrons. The van der Waals surface area contributed by atoms with E-state index < -0.39 is 10.0 Å². The Morgan fingerprint density at radius 3 is 2.42 bits per heavy atom. The fourth-order valence-electron chi connectivity index (χ4n) is 2.94. The van der Waals surface area contributed by atoms with Crippen molar-refractivity contribution >= 4 is 10.0 Å². The predicted molar refractivity (Wildman–Crippen MR) is 80.6 cm³/mol. The second-order valence-electron chi connectivity index (χ2n) is 6.36. The van der Waals surface area contributed by atoms with Crippen LogP contribution in [0.2, 0.25) is 0 Å². The van der Waals surface area contributed by atoms with E-state index in [1.54, 1.807) is 4.31 Å². The van der Waals surface area contributed by atoms with Gasteiger partial charge >= 0.3 is 0 Å². The second kappa shape index (κ2) is 7.04. The van der Waals surface area contributed by atoms with Crippen molar-refractivity contribution in [3.05, 3.63) is 0 Å². The molecular formula is C14H30N2O2S. The number of nitrogens with zero attached hydrogens (tertiary/aromatic N) is 1. The zero-order chi connectivity index (χ0) is 14.6. The molecule has 0 bridgehead atoms. The van der Waals surface area contributed by atoms with Gasteiger partial charge in [0.1, 0.15) is 0 Å². The minimum absolute atomic E-state index is 0.476. The van der Waals surface area contributed by atoms with Crippen molar-refractivity contribution in [2.45, 2.75) is 46.1 Å². The lowest BCUT2D eigenvalue weighted by Gasteiger charge is -2.35. The van der Waals surface area contributed by atoms with Crippen LogP contribution in [0.25, 0.3) is 0 Å². The van der Waals surface area contributed by atoms with Gasteiger partial charge in [-0.1, -0.05) is 20.8 Å². The van der Waals surface area contributed by atoms with Gasteiger partial charge in [-0.15, -0.1) is 0 Å². The van der Waals surface area contributed by atoms with Crippen LogP contribution in [-0.4, -0.2) is 45.2 Å². The Labute approximate surface area is 119 Å². The average Bonchev–Trinajstić information content (AvgIpc) is 2.34. The number of hydrogen-bond donors (Lipinski definition) is 1. The molecule has 0 aromatic rings. The summed E-state index contributed by atoms with van der Waals surface area (Å²) in [5, 5.41) is 3.42. The molecule has 0 radical (unpaired) electrons. The van der Waals surface area contributed by atoms with Crippen molar-refractivity contribution in [1.82, 2.24) is 9.62 Å². The molecule has 1 aliphatic heterocycles. The molecule has 1 fully saturated rings. The van der Waals surface area contributed by atoms with Gasteiger partial charge in [-0.2, -0.15) is 0 Å². The zero-order valence-corrected chi connectivity index (χ0v) is 13.8. The van der Waals surface area contributed by atoms with E-state index >= 15 is 0 Å². The highest BCUT2D eigenvalue weighted by atomic mass is 32.2. The third-order valence-electron chi connectivity index (χ3n) is 4.60. The van der Waals surface area contributed by atoms with Gasteiger partial charge in [-0.25, -0.2) is 12.7 Å². The van der Waals surface area contributed by atoms with E-state index in [1.807, 2.05) is 7.05 Å². The minimum Gasteiger partial charge on any atom is -0.317 e. The maximum atomic E-state index is 11.6. The van der Waals surface area contributed by atoms with Crippen LogP contribution in [0.4, 0.5) is 0 Å². The Morgan fingerprint density at radius 1 is 1.32 bits per heavy atom. The van der Waals surface area contributed by atoms with Gasteiger partial charge < -0.3 is 5.32 Å². The van der Waals surface area contributed by atoms with Gasteiger partial charge in [0.05, 0.1) is 6.26 Å². The Morgan fingerprint density at radius 2 is 1.95 bits per heavy atom. The molecule has 1 aliphatic rings. The summed E-state index contributed by atoms with van der Waals surface area (Å²) in [5.74, 6) is 1.74. The lowest BCUT2D eigenvalue weighted by molar-refractivity contribution is 0.205. The Balaban J connectivity index is 2.60. The fourth-order valence-corrected chi connectivity index (χ4v) is 3.88. The molecular weight excluding hydrogens is 260 g/mol. The topological polar surface area (TPSA) is 49.4 Å². The fraction of sp³-hybridized carbons (Fsp3) is 1.00. The quantitative estimate of drug-likeness (QED) is 0.813. The van der Waals surface area contributed by atoms with Crippen LogP contribution < -0.4 is 5.32 Å². The SMILES string of the molecule is CNC(CC1CCCN(S(C)(=O)=O)C1)C(C)C(C)C. The summed E-state index contributed by atoms with van der Waals surface area (Å²) in [4.78, 5) is 0. The molecule has 3 atom stereocenters. The van der Waals surface area contributed by atoms with Gasteiger partial charge in [0.15, 0.2) is 0 Å². The van der Waals surface area contributed by atoms with Crippen LogP contribution in [0.1, 0.15) is 40.0 Å². The molecule has 4 nitrogen and oxygen atoms in total. The third-order valence-corrected chi connectivity index (χ3v) is 5.86. The van der Waals surface area contributed by atoms with Crippen LogP contribution in [0, 0.1) is 17.8 Å². The van der Waals surface area contributed by atoms with Crippen LogP contribution >= 0.6 is 0 Å². The highest BCUT2D eigenvalue weighted by Crippen LogP contribution is 2.26. The number of sulfonamides is 1. The lowest BCUT2D eigenvalue weighted by atomic mass is 9.83. The van der Waals surface area contributed by atoms with E-state index in [1.165, 1.54) is 6.26 Å². The Bertz CT molecular complexity index is 368. The summed E-state index contributed by atoms with van der Waals surface area (Å²) in [6.07, 6.45) is 4.53. The maximum Gasteiger partial charge on any atom is 0.211 e. The molecule has 0 amide bonds. The van der Waals surface area contributed by atoms with E-state index in [4.69, 9.17) is 0 Å². The van der Waals surface area contributed by atoms with Crippen molar-refractivity contribution in [3.8, 4) is 0 Å². The summed E-state index contributed by atoms with van der Waals surface area (Å²) in [5.41, 5.74) is 0. The standard InChI is InChI=1S/C14H30N2O2S/c1-11(2)12(3)14(15-4)9-13-7-6-8-16(10-13)19(5,17)18/h11-15H,6-10H2,1-5H3. The molecule has 5 heteroatoms. The number of rotatable bonds is 6. The van der Waals surface area contributed by atoms with Crippen molar-refractivity contribution in [3.63, 3.8) is 0 Å². The molecule has 1 heterocycles. The number of piperidine rings is 1. The van der Waals surface area contributed by atoms with Crippen LogP contribution in [-0.2, 0) is 10.0 Å². The van der Waals surface area contributed by atoms with E-state index in [9.17, 15) is 8.42 Å².